The first kappa shape index (κ1) is 19.6. The highest BCUT2D eigenvalue weighted by Crippen LogP contribution is 2.38. The van der Waals surface area contributed by atoms with Gasteiger partial charge in [-0.05, 0) is 32.6 Å². The van der Waals surface area contributed by atoms with Crippen LogP contribution < -0.4 is 5.32 Å². The van der Waals surface area contributed by atoms with Gasteiger partial charge < -0.3 is 15.1 Å². The van der Waals surface area contributed by atoms with Crippen molar-refractivity contribution >= 4 is 11.8 Å². The van der Waals surface area contributed by atoms with Crippen LogP contribution in [0.25, 0.3) is 0 Å². The molecule has 1 N–H and O–H groups in total. The van der Waals surface area contributed by atoms with Gasteiger partial charge in [-0.3, -0.25) is 14.5 Å². The molecule has 6 heteroatoms. The summed E-state index contributed by atoms with van der Waals surface area (Å²) in [7, 11) is 0. The second-order valence-electron chi connectivity index (χ2n) is 8.92. The quantitative estimate of drug-likeness (QED) is 0.769. The lowest BCUT2D eigenvalue weighted by Crippen LogP contribution is -2.50. The third-order valence-electron chi connectivity index (χ3n) is 6.49. The Morgan fingerprint density at radius 1 is 1.04 bits per heavy atom. The van der Waals surface area contributed by atoms with Crippen LogP contribution in [0.15, 0.2) is 0 Å². The lowest BCUT2D eigenvalue weighted by atomic mass is 10.0. The first-order valence-corrected chi connectivity index (χ1v) is 10.4. The van der Waals surface area contributed by atoms with Gasteiger partial charge in [0, 0.05) is 69.7 Å². The van der Waals surface area contributed by atoms with Gasteiger partial charge in [-0.15, -0.1) is 0 Å². The summed E-state index contributed by atoms with van der Waals surface area (Å²) in [5.41, 5.74) is 0. The first-order chi connectivity index (χ1) is 12.3. The van der Waals surface area contributed by atoms with Gasteiger partial charge in [0.05, 0.1) is 0 Å². The minimum atomic E-state index is 0.0306. The molecule has 0 radical (unpaired) electrons. The van der Waals surface area contributed by atoms with Crippen LogP contribution in [0.3, 0.4) is 0 Å². The fourth-order valence-electron chi connectivity index (χ4n) is 4.69. The summed E-state index contributed by atoms with van der Waals surface area (Å²) in [4.78, 5) is 31.6. The fourth-order valence-corrected chi connectivity index (χ4v) is 4.69. The van der Waals surface area contributed by atoms with Crippen LogP contribution in [0.5, 0.6) is 0 Å². The highest BCUT2D eigenvalue weighted by atomic mass is 16.2. The van der Waals surface area contributed by atoms with Crippen molar-refractivity contribution < 1.29 is 9.59 Å². The topological polar surface area (TPSA) is 55.9 Å². The molecule has 3 rings (SSSR count). The molecule has 3 atom stereocenters. The van der Waals surface area contributed by atoms with Gasteiger partial charge in [-0.2, -0.15) is 0 Å². The summed E-state index contributed by atoms with van der Waals surface area (Å²) in [6.45, 7) is 14.4. The lowest BCUT2D eigenvalue weighted by molar-refractivity contribution is -0.133. The third kappa shape index (κ3) is 4.39. The zero-order chi connectivity index (χ0) is 18.8. The lowest BCUT2D eigenvalue weighted by Gasteiger charge is -2.37. The number of nitrogens with one attached hydrogen (secondary N) is 1. The Bertz CT molecular complexity index is 514. The number of carbonyl (C=O) groups is 2. The van der Waals surface area contributed by atoms with Crippen LogP contribution in [0.4, 0.5) is 0 Å². The largest absolute Gasteiger partial charge is 0.353 e. The van der Waals surface area contributed by atoms with E-state index in [9.17, 15) is 9.59 Å². The van der Waals surface area contributed by atoms with E-state index < -0.39 is 0 Å². The van der Waals surface area contributed by atoms with E-state index in [1.165, 1.54) is 0 Å². The number of piperazine rings is 1. The molecule has 2 heterocycles. The molecular weight excluding hydrogens is 328 g/mol. The smallest absolute Gasteiger partial charge is 0.224 e. The van der Waals surface area contributed by atoms with Gasteiger partial charge in [0.2, 0.25) is 11.8 Å². The highest BCUT2D eigenvalue weighted by Gasteiger charge is 2.46. The number of piperidine rings is 1. The monoisotopic (exact) mass is 364 g/mol. The summed E-state index contributed by atoms with van der Waals surface area (Å²) in [5, 5.41) is 3.18. The maximum atomic E-state index is 12.7. The van der Waals surface area contributed by atoms with E-state index >= 15 is 0 Å². The molecule has 2 amide bonds. The number of fused-ring (bicyclic) bond motifs is 2. The van der Waals surface area contributed by atoms with Crippen LogP contribution >= 0.6 is 0 Å². The normalized spacial score (nSPS) is 29.8. The van der Waals surface area contributed by atoms with E-state index in [1.54, 1.807) is 0 Å². The molecule has 148 valence electrons. The van der Waals surface area contributed by atoms with Gasteiger partial charge >= 0.3 is 0 Å². The van der Waals surface area contributed by atoms with E-state index in [4.69, 9.17) is 0 Å². The zero-order valence-corrected chi connectivity index (χ0v) is 16.9. The Labute approximate surface area is 158 Å². The van der Waals surface area contributed by atoms with Gasteiger partial charge in [0.1, 0.15) is 0 Å². The zero-order valence-electron chi connectivity index (χ0n) is 16.9. The van der Waals surface area contributed by atoms with Crippen molar-refractivity contribution in [3.8, 4) is 0 Å². The molecule has 1 aliphatic carbocycles. The average Bonchev–Trinajstić information content (AvgIpc) is 3.20. The van der Waals surface area contributed by atoms with Crippen LogP contribution in [0.1, 0.15) is 47.0 Å². The van der Waals surface area contributed by atoms with E-state index in [0.717, 1.165) is 52.1 Å². The number of rotatable bonds is 6. The molecule has 2 saturated heterocycles. The fraction of sp³-hybridized carbons (Fsp3) is 0.900. The van der Waals surface area contributed by atoms with Gasteiger partial charge in [-0.25, -0.2) is 0 Å². The molecule has 2 aliphatic heterocycles. The van der Waals surface area contributed by atoms with Crippen LogP contribution in [0, 0.1) is 11.8 Å². The highest BCUT2D eigenvalue weighted by molar-refractivity contribution is 5.79. The Morgan fingerprint density at radius 2 is 1.73 bits per heavy atom. The first-order valence-electron chi connectivity index (χ1n) is 10.4. The van der Waals surface area contributed by atoms with Crippen LogP contribution in [-0.2, 0) is 9.59 Å². The van der Waals surface area contributed by atoms with E-state index in [0.29, 0.717) is 30.3 Å². The van der Waals surface area contributed by atoms with Crippen molar-refractivity contribution in [2.45, 2.75) is 65.1 Å². The predicted octanol–water partition coefficient (Wildman–Crippen LogP) is 1.16. The number of nitrogens with zero attached hydrogens (tertiary/aromatic N) is 3. The molecule has 26 heavy (non-hydrogen) atoms. The second-order valence-corrected chi connectivity index (χ2v) is 8.92. The molecule has 6 nitrogen and oxygen atoms in total. The minimum absolute atomic E-state index is 0.0306. The van der Waals surface area contributed by atoms with Crippen molar-refractivity contribution in [3.05, 3.63) is 0 Å². The number of amides is 2. The standard InChI is InChI=1S/C20H36N4O2/c1-14(2)20(26)21-18-12-17-11-16(18)13-24(17)19(25)5-6-22-7-9-23(10-8-22)15(3)4/h14-18H,5-13H2,1-4H3,(H,21,26). The molecule has 3 aliphatic rings. The molecule has 0 aromatic heterocycles. The third-order valence-corrected chi connectivity index (χ3v) is 6.49. The number of carbonyl (C=O) groups excluding carboxylic acids is 2. The maximum Gasteiger partial charge on any atom is 0.224 e. The summed E-state index contributed by atoms with van der Waals surface area (Å²) in [5.74, 6) is 0.919. The Morgan fingerprint density at radius 3 is 2.27 bits per heavy atom. The SMILES string of the molecule is CC(C)C(=O)NC1CC2CC1CN2C(=O)CCN1CCN(C(C)C)CC1. The summed E-state index contributed by atoms with van der Waals surface area (Å²) in [6.07, 6.45) is 2.62. The molecular formula is C20H36N4O2. The summed E-state index contributed by atoms with van der Waals surface area (Å²) in [6, 6.07) is 1.22. The average molecular weight is 365 g/mol. The molecule has 0 aromatic rings. The Kier molecular flexibility index (Phi) is 6.23. The summed E-state index contributed by atoms with van der Waals surface area (Å²) >= 11 is 0. The van der Waals surface area contributed by atoms with E-state index in [-0.39, 0.29) is 17.9 Å². The minimum Gasteiger partial charge on any atom is -0.353 e. The Balaban J connectivity index is 1.39. The molecule has 0 spiro atoms. The van der Waals surface area contributed by atoms with Crippen molar-refractivity contribution in [3.63, 3.8) is 0 Å². The van der Waals surface area contributed by atoms with E-state index in [1.807, 2.05) is 13.8 Å². The molecule has 0 aromatic carbocycles. The van der Waals surface area contributed by atoms with Crippen LogP contribution in [-0.4, -0.2) is 83.9 Å². The number of hydrogen-bond donors (Lipinski definition) is 1. The second kappa shape index (κ2) is 8.26. The number of hydrogen-bond acceptors (Lipinski definition) is 4. The van der Waals surface area contributed by atoms with Crippen molar-refractivity contribution in [2.75, 3.05) is 39.3 Å². The van der Waals surface area contributed by atoms with Gasteiger partial charge in [0.25, 0.3) is 0 Å². The van der Waals surface area contributed by atoms with Gasteiger partial charge in [-0.1, -0.05) is 13.8 Å². The molecule has 2 bridgehead atoms. The Hall–Kier alpha value is -1.14. The van der Waals surface area contributed by atoms with Crippen LogP contribution in [0.2, 0.25) is 0 Å². The molecule has 3 fully saturated rings. The summed E-state index contributed by atoms with van der Waals surface area (Å²) < 4.78 is 0. The molecule has 3 unspecified atom stereocenters. The predicted molar refractivity (Wildman–Crippen MR) is 103 cm³/mol. The van der Waals surface area contributed by atoms with Crippen molar-refractivity contribution in [2.24, 2.45) is 11.8 Å². The maximum absolute atomic E-state index is 12.7. The number of likely N-dealkylation sites (tertiary alicyclic amines) is 1. The van der Waals surface area contributed by atoms with Crippen molar-refractivity contribution in [1.82, 2.24) is 20.0 Å². The molecule has 1 saturated carbocycles. The van der Waals surface area contributed by atoms with E-state index in [2.05, 4.69) is 33.9 Å². The van der Waals surface area contributed by atoms with Crippen molar-refractivity contribution in [1.29, 1.82) is 0 Å². The van der Waals surface area contributed by atoms with Gasteiger partial charge in [0.15, 0.2) is 0 Å².